The summed E-state index contributed by atoms with van der Waals surface area (Å²) in [5.74, 6) is -1.39. The van der Waals surface area contributed by atoms with Crippen LogP contribution >= 0.6 is 15.9 Å². The van der Waals surface area contributed by atoms with E-state index in [1.165, 1.54) is 0 Å². The lowest BCUT2D eigenvalue weighted by Crippen LogP contribution is -1.90. The first kappa shape index (κ1) is 10.2. The van der Waals surface area contributed by atoms with Crippen LogP contribution in [-0.2, 0) is 0 Å². The van der Waals surface area contributed by atoms with Gasteiger partial charge in [-0.25, -0.2) is 8.78 Å². The van der Waals surface area contributed by atoms with Gasteiger partial charge in [0.1, 0.15) is 17.2 Å². The van der Waals surface area contributed by atoms with Crippen molar-refractivity contribution in [1.29, 1.82) is 0 Å². The van der Waals surface area contributed by atoms with Crippen molar-refractivity contribution in [2.45, 2.75) is 6.92 Å². The minimum atomic E-state index is -0.745. The van der Waals surface area contributed by atoms with Gasteiger partial charge in [0.05, 0.1) is 0 Å². The van der Waals surface area contributed by atoms with Crippen LogP contribution < -0.4 is 0 Å². The molecule has 0 unspecified atom stereocenters. The van der Waals surface area contributed by atoms with E-state index in [2.05, 4.69) is 26.1 Å². The molecule has 15 heavy (non-hydrogen) atoms. The number of rotatable bonds is 1. The molecule has 0 aliphatic heterocycles. The van der Waals surface area contributed by atoms with E-state index in [0.29, 0.717) is 4.47 Å². The molecule has 1 heterocycles. The first-order valence-corrected chi connectivity index (χ1v) is 4.82. The first-order valence-electron chi connectivity index (χ1n) is 4.03. The molecular formula is C9H5BrF2N2O. The highest BCUT2D eigenvalue weighted by Crippen LogP contribution is 2.27. The zero-order valence-corrected chi connectivity index (χ0v) is 9.18. The Morgan fingerprint density at radius 3 is 2.27 bits per heavy atom. The SMILES string of the molecule is Cc1nnc(-c2c(F)cc(Br)cc2F)o1. The Morgan fingerprint density at radius 2 is 1.80 bits per heavy atom. The van der Waals surface area contributed by atoms with Crippen LogP contribution in [0.3, 0.4) is 0 Å². The molecule has 1 aromatic heterocycles. The van der Waals surface area contributed by atoms with E-state index in [1.807, 2.05) is 0 Å². The van der Waals surface area contributed by atoms with Crippen LogP contribution in [0.1, 0.15) is 5.89 Å². The number of halogens is 3. The van der Waals surface area contributed by atoms with Gasteiger partial charge in [0.15, 0.2) is 0 Å². The number of hydrogen-bond donors (Lipinski definition) is 0. The fourth-order valence-electron chi connectivity index (χ4n) is 1.14. The molecule has 0 amide bonds. The summed E-state index contributed by atoms with van der Waals surface area (Å²) < 4.78 is 32.1. The lowest BCUT2D eigenvalue weighted by molar-refractivity contribution is 0.515. The number of hydrogen-bond acceptors (Lipinski definition) is 3. The van der Waals surface area contributed by atoms with E-state index in [4.69, 9.17) is 4.42 Å². The normalized spacial score (nSPS) is 10.7. The minimum absolute atomic E-state index is 0.157. The van der Waals surface area contributed by atoms with Crippen molar-refractivity contribution in [2.75, 3.05) is 0 Å². The summed E-state index contributed by atoms with van der Waals surface area (Å²) in [4.78, 5) is 0. The Kier molecular flexibility index (Phi) is 2.52. The number of aryl methyl sites for hydroxylation is 1. The Morgan fingerprint density at radius 1 is 1.20 bits per heavy atom. The minimum Gasteiger partial charge on any atom is -0.421 e. The molecule has 0 bridgehead atoms. The average Bonchev–Trinajstić information content (AvgIpc) is 2.49. The van der Waals surface area contributed by atoms with Crippen molar-refractivity contribution in [2.24, 2.45) is 0 Å². The molecule has 0 radical (unpaired) electrons. The van der Waals surface area contributed by atoms with Gasteiger partial charge in [-0.1, -0.05) is 15.9 Å². The monoisotopic (exact) mass is 274 g/mol. The maximum absolute atomic E-state index is 13.4. The molecule has 0 N–H and O–H groups in total. The van der Waals surface area contributed by atoms with Crippen LogP contribution in [-0.4, -0.2) is 10.2 Å². The number of benzene rings is 1. The molecule has 0 saturated carbocycles. The van der Waals surface area contributed by atoms with Crippen LogP contribution in [0.15, 0.2) is 21.0 Å². The third-order valence-electron chi connectivity index (χ3n) is 1.75. The Balaban J connectivity index is 2.62. The Hall–Kier alpha value is -1.30. The molecule has 2 aromatic rings. The van der Waals surface area contributed by atoms with Crippen molar-refractivity contribution in [1.82, 2.24) is 10.2 Å². The van der Waals surface area contributed by atoms with Gasteiger partial charge in [-0.3, -0.25) is 0 Å². The van der Waals surface area contributed by atoms with Crippen LogP contribution in [0.2, 0.25) is 0 Å². The Labute approximate surface area is 92.3 Å². The standard InChI is InChI=1S/C9H5BrF2N2O/c1-4-13-14-9(15-4)8-6(11)2-5(10)3-7(8)12/h2-3H,1H3. The lowest BCUT2D eigenvalue weighted by atomic mass is 10.2. The summed E-state index contributed by atoms with van der Waals surface area (Å²) in [6.07, 6.45) is 0. The van der Waals surface area contributed by atoms with Crippen molar-refractivity contribution >= 4 is 15.9 Å². The van der Waals surface area contributed by atoms with Crippen molar-refractivity contribution < 1.29 is 13.2 Å². The zero-order valence-electron chi connectivity index (χ0n) is 7.59. The van der Waals surface area contributed by atoms with Gasteiger partial charge in [0, 0.05) is 11.4 Å². The topological polar surface area (TPSA) is 38.9 Å². The quantitative estimate of drug-likeness (QED) is 0.802. The summed E-state index contributed by atoms with van der Waals surface area (Å²) in [6.45, 7) is 1.55. The molecule has 2 rings (SSSR count). The lowest BCUT2D eigenvalue weighted by Gasteiger charge is -2.00. The van der Waals surface area contributed by atoms with E-state index in [9.17, 15) is 8.78 Å². The van der Waals surface area contributed by atoms with Crippen molar-refractivity contribution in [3.63, 3.8) is 0 Å². The van der Waals surface area contributed by atoms with E-state index in [0.717, 1.165) is 12.1 Å². The third kappa shape index (κ3) is 1.90. The van der Waals surface area contributed by atoms with Gasteiger partial charge in [0.25, 0.3) is 5.89 Å². The highest BCUT2D eigenvalue weighted by atomic mass is 79.9. The van der Waals surface area contributed by atoms with Gasteiger partial charge in [-0.15, -0.1) is 10.2 Å². The van der Waals surface area contributed by atoms with E-state index < -0.39 is 11.6 Å². The van der Waals surface area contributed by atoms with E-state index in [-0.39, 0.29) is 17.3 Å². The van der Waals surface area contributed by atoms with Gasteiger partial charge < -0.3 is 4.42 Å². The largest absolute Gasteiger partial charge is 0.421 e. The Bertz CT molecular complexity index is 490. The molecule has 0 aliphatic carbocycles. The molecule has 0 fully saturated rings. The number of aromatic nitrogens is 2. The summed E-state index contributed by atoms with van der Waals surface area (Å²) in [5, 5.41) is 7.06. The molecule has 3 nitrogen and oxygen atoms in total. The van der Waals surface area contributed by atoms with Crippen LogP contribution in [0, 0.1) is 18.6 Å². The third-order valence-corrected chi connectivity index (χ3v) is 2.20. The predicted octanol–water partition coefficient (Wildman–Crippen LogP) is 3.09. The van der Waals surface area contributed by atoms with Crippen LogP contribution in [0.4, 0.5) is 8.78 Å². The number of nitrogens with zero attached hydrogens (tertiary/aromatic N) is 2. The molecule has 0 aliphatic rings. The van der Waals surface area contributed by atoms with E-state index in [1.54, 1.807) is 6.92 Å². The van der Waals surface area contributed by atoms with Crippen LogP contribution in [0.25, 0.3) is 11.5 Å². The van der Waals surface area contributed by atoms with E-state index >= 15 is 0 Å². The summed E-state index contributed by atoms with van der Waals surface area (Å²) in [6, 6.07) is 2.27. The maximum Gasteiger partial charge on any atom is 0.253 e. The van der Waals surface area contributed by atoms with Crippen molar-refractivity contribution in [3.8, 4) is 11.5 Å². The molecule has 0 atom stereocenters. The molecule has 1 aromatic carbocycles. The smallest absolute Gasteiger partial charge is 0.253 e. The van der Waals surface area contributed by atoms with Gasteiger partial charge in [-0.05, 0) is 12.1 Å². The van der Waals surface area contributed by atoms with Gasteiger partial charge >= 0.3 is 0 Å². The van der Waals surface area contributed by atoms with Crippen molar-refractivity contribution in [3.05, 3.63) is 34.1 Å². The molecule has 0 saturated heterocycles. The highest BCUT2D eigenvalue weighted by molar-refractivity contribution is 9.10. The maximum atomic E-state index is 13.4. The highest BCUT2D eigenvalue weighted by Gasteiger charge is 2.17. The predicted molar refractivity (Wildman–Crippen MR) is 52.1 cm³/mol. The summed E-state index contributed by atoms with van der Waals surface area (Å²) in [5.41, 5.74) is -0.307. The first-order chi connectivity index (χ1) is 7.08. The second-order valence-electron chi connectivity index (χ2n) is 2.87. The fourth-order valence-corrected chi connectivity index (χ4v) is 1.55. The zero-order chi connectivity index (χ0) is 11.0. The fraction of sp³-hybridized carbons (Fsp3) is 0.111. The van der Waals surface area contributed by atoms with Crippen LogP contribution in [0.5, 0.6) is 0 Å². The summed E-state index contributed by atoms with van der Waals surface area (Å²) in [7, 11) is 0. The molecule has 6 heteroatoms. The second-order valence-corrected chi connectivity index (χ2v) is 3.79. The molecular weight excluding hydrogens is 270 g/mol. The molecule has 78 valence electrons. The van der Waals surface area contributed by atoms with Gasteiger partial charge in [0.2, 0.25) is 5.89 Å². The average molecular weight is 275 g/mol. The summed E-state index contributed by atoms with van der Waals surface area (Å²) >= 11 is 2.98. The second kappa shape index (κ2) is 3.69. The molecule has 0 spiro atoms. The van der Waals surface area contributed by atoms with Gasteiger partial charge in [-0.2, -0.15) is 0 Å².